The van der Waals surface area contributed by atoms with Crippen LogP contribution in [0.1, 0.15) is 22.4 Å². The fraction of sp³-hybridized carbons (Fsp3) is 0.148. The zero-order valence-electron chi connectivity index (χ0n) is 19.0. The molecule has 0 spiro atoms. The first-order valence-corrected chi connectivity index (χ1v) is 11.2. The van der Waals surface area contributed by atoms with Gasteiger partial charge in [0, 0.05) is 48.5 Å². The van der Waals surface area contributed by atoms with Crippen LogP contribution in [0.2, 0.25) is 5.02 Å². The Morgan fingerprint density at radius 2 is 1.65 bits per heavy atom. The second-order valence-corrected chi connectivity index (χ2v) is 8.98. The van der Waals surface area contributed by atoms with Crippen molar-refractivity contribution in [2.45, 2.75) is 12.5 Å². The lowest BCUT2D eigenvalue weighted by Crippen LogP contribution is -2.31. The highest BCUT2D eigenvalue weighted by molar-refractivity contribution is 6.30. The Morgan fingerprint density at radius 1 is 0.912 bits per heavy atom. The van der Waals surface area contributed by atoms with Gasteiger partial charge in [0.2, 0.25) is 0 Å². The highest BCUT2D eigenvalue weighted by atomic mass is 35.5. The van der Waals surface area contributed by atoms with Crippen LogP contribution in [0, 0.1) is 6.92 Å². The molecule has 0 bridgehead atoms. The minimum absolute atomic E-state index is 0.114. The topological polar surface area (TPSA) is 72.9 Å². The summed E-state index contributed by atoms with van der Waals surface area (Å²) in [6.45, 7) is 1.97. The van der Waals surface area contributed by atoms with Crippen LogP contribution in [0.25, 0.3) is 22.0 Å². The quantitative estimate of drug-likeness (QED) is 0.417. The number of benzene rings is 2. The van der Waals surface area contributed by atoms with Crippen LogP contribution < -0.4 is 5.56 Å². The first-order valence-electron chi connectivity index (χ1n) is 10.8. The van der Waals surface area contributed by atoms with Crippen molar-refractivity contribution in [3.05, 3.63) is 117 Å². The van der Waals surface area contributed by atoms with Crippen molar-refractivity contribution in [2.24, 2.45) is 14.1 Å². The van der Waals surface area contributed by atoms with Crippen LogP contribution in [0.15, 0.2) is 84.3 Å². The standard InChI is InChI=1S/C27H23ClN4O2/c1-17-10-18(14-29-13-17)22-12-26(33)32(3)24-9-6-20(11-23(22)24)27(34,25-15-30-16-31(25)2)19-4-7-21(28)8-5-19/h4-16,34H,1-3H3/t27-/m1/s1. The SMILES string of the molecule is Cc1cncc(-c2cc(=O)n(C)c3ccc([C@](O)(c4ccc(Cl)cc4)c4cncn4C)cc23)c1. The molecule has 0 aliphatic rings. The number of rotatable bonds is 4. The van der Waals surface area contributed by atoms with E-state index in [0.29, 0.717) is 21.8 Å². The molecule has 1 N–H and O–H groups in total. The van der Waals surface area contributed by atoms with Gasteiger partial charge >= 0.3 is 0 Å². The number of aromatic nitrogens is 4. The van der Waals surface area contributed by atoms with E-state index in [2.05, 4.69) is 9.97 Å². The molecular weight excluding hydrogens is 448 g/mol. The maximum absolute atomic E-state index is 12.7. The van der Waals surface area contributed by atoms with Crippen molar-refractivity contribution in [1.29, 1.82) is 0 Å². The van der Waals surface area contributed by atoms with Gasteiger partial charge in [0.25, 0.3) is 5.56 Å². The average molecular weight is 471 g/mol. The molecule has 6 nitrogen and oxygen atoms in total. The Bertz CT molecular complexity index is 1590. The lowest BCUT2D eigenvalue weighted by molar-refractivity contribution is 0.117. The Balaban J connectivity index is 1.84. The van der Waals surface area contributed by atoms with Crippen LogP contribution in [-0.2, 0) is 19.7 Å². The predicted molar refractivity (Wildman–Crippen MR) is 134 cm³/mol. The number of fused-ring (bicyclic) bond motifs is 1. The van der Waals surface area contributed by atoms with Crippen LogP contribution in [0.4, 0.5) is 0 Å². The molecule has 34 heavy (non-hydrogen) atoms. The van der Waals surface area contributed by atoms with Crippen molar-refractivity contribution in [1.82, 2.24) is 19.1 Å². The number of hydrogen-bond acceptors (Lipinski definition) is 4. The molecule has 5 rings (SSSR count). The number of aryl methyl sites for hydroxylation is 3. The van der Waals surface area contributed by atoms with Crippen molar-refractivity contribution >= 4 is 22.5 Å². The summed E-state index contributed by atoms with van der Waals surface area (Å²) >= 11 is 6.14. The molecule has 0 aliphatic carbocycles. The van der Waals surface area contributed by atoms with Crippen LogP contribution in [0.5, 0.6) is 0 Å². The van der Waals surface area contributed by atoms with Gasteiger partial charge in [-0.1, -0.05) is 29.8 Å². The van der Waals surface area contributed by atoms with Gasteiger partial charge in [-0.3, -0.25) is 9.78 Å². The highest BCUT2D eigenvalue weighted by Crippen LogP contribution is 2.39. The molecule has 0 fully saturated rings. The van der Waals surface area contributed by atoms with Gasteiger partial charge in [-0.05, 0) is 59.5 Å². The van der Waals surface area contributed by atoms with E-state index >= 15 is 0 Å². The van der Waals surface area contributed by atoms with E-state index in [0.717, 1.165) is 27.6 Å². The molecule has 3 aromatic heterocycles. The highest BCUT2D eigenvalue weighted by Gasteiger charge is 2.37. The van der Waals surface area contributed by atoms with Crippen molar-refractivity contribution in [3.63, 3.8) is 0 Å². The molecule has 0 saturated heterocycles. The van der Waals surface area contributed by atoms with Gasteiger partial charge < -0.3 is 14.2 Å². The molecule has 1 atom stereocenters. The molecule has 2 aromatic carbocycles. The van der Waals surface area contributed by atoms with Crippen molar-refractivity contribution in [2.75, 3.05) is 0 Å². The molecule has 0 aliphatic heterocycles. The molecule has 7 heteroatoms. The van der Waals surface area contributed by atoms with Crippen molar-refractivity contribution in [3.8, 4) is 11.1 Å². The van der Waals surface area contributed by atoms with Gasteiger partial charge in [0.15, 0.2) is 5.60 Å². The van der Waals surface area contributed by atoms with Gasteiger partial charge in [-0.15, -0.1) is 0 Å². The second kappa shape index (κ2) is 8.24. The summed E-state index contributed by atoms with van der Waals surface area (Å²) in [5, 5.41) is 13.7. The molecular formula is C27H23ClN4O2. The lowest BCUT2D eigenvalue weighted by Gasteiger charge is -2.30. The number of imidazole rings is 1. The zero-order chi connectivity index (χ0) is 24.0. The number of nitrogens with zero attached hydrogens (tertiary/aromatic N) is 4. The summed E-state index contributed by atoms with van der Waals surface area (Å²) in [6, 6.07) is 16.4. The van der Waals surface area contributed by atoms with E-state index in [1.54, 1.807) is 59.3 Å². The van der Waals surface area contributed by atoms with E-state index < -0.39 is 5.60 Å². The summed E-state index contributed by atoms with van der Waals surface area (Å²) in [5.74, 6) is 0. The van der Waals surface area contributed by atoms with Crippen LogP contribution >= 0.6 is 11.6 Å². The molecule has 0 unspecified atom stereocenters. The van der Waals surface area contributed by atoms with Crippen molar-refractivity contribution < 1.29 is 5.11 Å². The van der Waals surface area contributed by atoms with E-state index in [-0.39, 0.29) is 5.56 Å². The summed E-state index contributed by atoms with van der Waals surface area (Å²) in [5.41, 5.74) is 3.66. The monoisotopic (exact) mass is 470 g/mol. The van der Waals surface area contributed by atoms with Crippen LogP contribution in [-0.4, -0.2) is 24.2 Å². The second-order valence-electron chi connectivity index (χ2n) is 8.55. The molecule has 0 amide bonds. The maximum atomic E-state index is 12.7. The van der Waals surface area contributed by atoms with E-state index in [4.69, 9.17) is 11.6 Å². The third kappa shape index (κ3) is 3.52. The number of aliphatic hydroxyl groups is 1. The fourth-order valence-electron chi connectivity index (χ4n) is 4.49. The van der Waals surface area contributed by atoms with E-state index in [1.807, 2.05) is 50.4 Å². The van der Waals surface area contributed by atoms with E-state index in [9.17, 15) is 9.90 Å². The number of hydrogen-bond donors (Lipinski definition) is 1. The Morgan fingerprint density at radius 3 is 2.32 bits per heavy atom. The average Bonchev–Trinajstić information content (AvgIpc) is 3.27. The first-order chi connectivity index (χ1) is 16.3. The number of pyridine rings is 2. The summed E-state index contributed by atoms with van der Waals surface area (Å²) in [7, 11) is 3.59. The van der Waals surface area contributed by atoms with E-state index in [1.165, 1.54) is 0 Å². The maximum Gasteiger partial charge on any atom is 0.251 e. The molecule has 3 heterocycles. The Kier molecular flexibility index (Phi) is 5.35. The third-order valence-corrected chi connectivity index (χ3v) is 6.55. The largest absolute Gasteiger partial charge is 0.374 e. The molecule has 0 radical (unpaired) electrons. The molecule has 5 aromatic rings. The van der Waals surface area contributed by atoms with Gasteiger partial charge in [-0.2, -0.15) is 0 Å². The minimum Gasteiger partial charge on any atom is -0.374 e. The fourth-order valence-corrected chi connectivity index (χ4v) is 4.61. The third-order valence-electron chi connectivity index (χ3n) is 6.30. The zero-order valence-corrected chi connectivity index (χ0v) is 19.8. The Hall–Kier alpha value is -3.74. The van der Waals surface area contributed by atoms with Gasteiger partial charge in [-0.25, -0.2) is 4.98 Å². The normalized spacial score (nSPS) is 13.2. The summed E-state index contributed by atoms with van der Waals surface area (Å²) in [4.78, 5) is 21.3. The number of halogens is 1. The van der Waals surface area contributed by atoms with Gasteiger partial charge in [0.1, 0.15) is 0 Å². The molecule has 0 saturated carbocycles. The van der Waals surface area contributed by atoms with Gasteiger partial charge in [0.05, 0.1) is 23.7 Å². The smallest absolute Gasteiger partial charge is 0.251 e. The molecule has 170 valence electrons. The van der Waals surface area contributed by atoms with Crippen LogP contribution in [0.3, 0.4) is 0 Å². The predicted octanol–water partition coefficient (Wildman–Crippen LogP) is 4.58. The minimum atomic E-state index is -1.50. The summed E-state index contributed by atoms with van der Waals surface area (Å²) in [6.07, 6.45) is 6.84. The Labute approximate surface area is 201 Å². The first kappa shape index (κ1) is 22.1. The summed E-state index contributed by atoms with van der Waals surface area (Å²) < 4.78 is 3.40. The lowest BCUT2D eigenvalue weighted by atomic mass is 9.82.